The summed E-state index contributed by atoms with van der Waals surface area (Å²) in [6.07, 6.45) is 10.9. The summed E-state index contributed by atoms with van der Waals surface area (Å²) in [7, 11) is 3.91. The molecule has 0 N–H and O–H groups in total. The minimum atomic E-state index is -0.303. The van der Waals surface area contributed by atoms with Crippen LogP contribution in [0.2, 0.25) is 0 Å². The number of allylic oxidation sites excluding steroid dienone is 1. The van der Waals surface area contributed by atoms with Gasteiger partial charge >= 0.3 is 0 Å². The van der Waals surface area contributed by atoms with E-state index in [9.17, 15) is 9.18 Å². The van der Waals surface area contributed by atoms with Crippen molar-refractivity contribution in [3.05, 3.63) is 68.9 Å². The lowest BCUT2D eigenvalue weighted by atomic mass is 9.91. The smallest absolute Gasteiger partial charge is 0.227 e. The minimum absolute atomic E-state index is 0.00648. The molecular formula is C27H33FIN5O2S. The summed E-state index contributed by atoms with van der Waals surface area (Å²) in [5, 5.41) is 0. The van der Waals surface area contributed by atoms with Crippen LogP contribution in [0.4, 0.5) is 10.2 Å². The van der Waals surface area contributed by atoms with E-state index < -0.39 is 0 Å². The van der Waals surface area contributed by atoms with E-state index in [2.05, 4.69) is 58.2 Å². The van der Waals surface area contributed by atoms with Gasteiger partial charge in [0.15, 0.2) is 0 Å². The number of rotatable bonds is 8. The third kappa shape index (κ3) is 6.84. The lowest BCUT2D eigenvalue weighted by molar-refractivity contribution is -0.131. The zero-order valence-corrected chi connectivity index (χ0v) is 24.2. The van der Waals surface area contributed by atoms with Crippen molar-refractivity contribution in [1.29, 1.82) is 0 Å². The van der Waals surface area contributed by atoms with Crippen LogP contribution in [0.5, 0.6) is 0 Å². The Morgan fingerprint density at radius 3 is 2.76 bits per heavy atom. The third-order valence-corrected chi connectivity index (χ3v) is 7.58. The number of carbonyl (C=O) groups is 1. The molecule has 1 saturated heterocycles. The number of morpholine rings is 1. The first-order valence-corrected chi connectivity index (χ1v) is 13.7. The van der Waals surface area contributed by atoms with Crippen LogP contribution < -0.4 is 0 Å². The summed E-state index contributed by atoms with van der Waals surface area (Å²) in [5.74, 6) is 0.291. The standard InChI is InChI=1S/C27H33FIN5O2S/c1-30-27-23(6-8-32-9-11-36-12-10-32)24(17-34(27)37)19-5-4-7-33(26(35)15-19)25(18-31(2)3)20-13-21(28)16-22(29)14-20/h4,6-8,13-14,16-17,19,25,37H,1,5,9-12,15,18H2,2-3H3/b8-6+. The first-order valence-electron chi connectivity index (χ1n) is 12.3. The zero-order valence-electron chi connectivity index (χ0n) is 21.2. The number of nitrogens with zero attached hydrogens (tertiary/aromatic N) is 5. The fraction of sp³-hybridized carbons (Fsp3) is 0.407. The Morgan fingerprint density at radius 1 is 1.32 bits per heavy atom. The summed E-state index contributed by atoms with van der Waals surface area (Å²) in [6.45, 7) is 7.38. The van der Waals surface area contributed by atoms with Gasteiger partial charge < -0.3 is 19.4 Å². The predicted octanol–water partition coefficient (Wildman–Crippen LogP) is 5.08. The van der Waals surface area contributed by atoms with Gasteiger partial charge in [-0.3, -0.25) is 8.77 Å². The second kappa shape index (κ2) is 12.6. The monoisotopic (exact) mass is 637 g/mol. The maximum absolute atomic E-state index is 14.3. The number of hydrogen-bond donors (Lipinski definition) is 1. The Balaban J connectivity index is 1.62. The van der Waals surface area contributed by atoms with Crippen molar-refractivity contribution in [2.75, 3.05) is 46.9 Å². The summed E-state index contributed by atoms with van der Waals surface area (Å²) in [6, 6.07) is 4.66. The SMILES string of the molecule is C=Nc1c(/C=C/N2CCOCC2)c(C2CC=CN(C(CN(C)C)c3cc(F)cc(I)c3)C(=O)C2)cn1S. The normalized spacial score (nSPS) is 19.6. The second-order valence-corrected chi connectivity index (χ2v) is 11.3. The van der Waals surface area contributed by atoms with E-state index in [0.717, 1.165) is 33.4 Å². The maximum Gasteiger partial charge on any atom is 0.227 e. The third-order valence-electron chi connectivity index (χ3n) is 6.66. The fourth-order valence-electron chi connectivity index (χ4n) is 4.88. The molecule has 0 saturated carbocycles. The molecule has 2 atom stereocenters. The highest BCUT2D eigenvalue weighted by Crippen LogP contribution is 2.38. The van der Waals surface area contributed by atoms with E-state index in [1.807, 2.05) is 49.6 Å². The van der Waals surface area contributed by atoms with E-state index in [-0.39, 0.29) is 23.7 Å². The molecule has 2 aliphatic heterocycles. The van der Waals surface area contributed by atoms with Crippen molar-refractivity contribution in [1.82, 2.24) is 18.7 Å². The van der Waals surface area contributed by atoms with Crippen molar-refractivity contribution < 1.29 is 13.9 Å². The van der Waals surface area contributed by atoms with Crippen LogP contribution in [0.15, 0.2) is 47.9 Å². The summed E-state index contributed by atoms with van der Waals surface area (Å²) < 4.78 is 22.2. The Kier molecular flexibility index (Phi) is 9.49. The molecule has 0 aliphatic carbocycles. The average Bonchev–Trinajstić information content (AvgIpc) is 3.05. The van der Waals surface area contributed by atoms with Crippen molar-refractivity contribution in [2.45, 2.75) is 24.8 Å². The van der Waals surface area contributed by atoms with Gasteiger partial charge in [0.25, 0.3) is 0 Å². The van der Waals surface area contributed by atoms with Crippen molar-refractivity contribution in [2.24, 2.45) is 4.99 Å². The summed E-state index contributed by atoms with van der Waals surface area (Å²) in [5.41, 5.74) is 2.70. The molecular weight excluding hydrogens is 604 g/mol. The number of carbonyl (C=O) groups excluding carboxylic acids is 1. The number of likely N-dealkylation sites (N-methyl/N-ethyl adjacent to an activating group) is 1. The molecule has 0 spiro atoms. The molecule has 4 rings (SSSR count). The largest absolute Gasteiger partial charge is 0.378 e. The Hall–Kier alpha value is -2.15. The molecule has 3 heterocycles. The van der Waals surface area contributed by atoms with Crippen LogP contribution >= 0.6 is 35.4 Å². The second-order valence-electron chi connectivity index (χ2n) is 9.59. The summed E-state index contributed by atoms with van der Waals surface area (Å²) in [4.78, 5) is 23.9. The number of amides is 1. The van der Waals surface area contributed by atoms with E-state index in [0.29, 0.717) is 38.4 Å². The molecule has 2 aromatic rings. The van der Waals surface area contributed by atoms with Crippen LogP contribution in [-0.4, -0.2) is 78.2 Å². The molecule has 1 amide bonds. The van der Waals surface area contributed by atoms with Crippen LogP contribution in [0.1, 0.15) is 41.5 Å². The van der Waals surface area contributed by atoms with Crippen LogP contribution in [0.25, 0.3) is 6.08 Å². The van der Waals surface area contributed by atoms with Crippen molar-refractivity contribution >= 4 is 59.9 Å². The number of hydrogen-bond acceptors (Lipinski definition) is 6. The van der Waals surface area contributed by atoms with Gasteiger partial charge in [0, 0.05) is 47.6 Å². The number of benzene rings is 1. The lowest BCUT2D eigenvalue weighted by Crippen LogP contribution is -2.36. The van der Waals surface area contributed by atoms with Gasteiger partial charge in [0.1, 0.15) is 11.6 Å². The van der Waals surface area contributed by atoms with E-state index >= 15 is 0 Å². The molecule has 0 radical (unpaired) electrons. The number of thiol groups is 1. The highest BCUT2D eigenvalue weighted by atomic mass is 127. The van der Waals surface area contributed by atoms with Crippen LogP contribution in [0, 0.1) is 9.39 Å². The van der Waals surface area contributed by atoms with Crippen LogP contribution in [-0.2, 0) is 9.53 Å². The molecule has 198 valence electrons. The van der Waals surface area contributed by atoms with Gasteiger partial charge in [0.05, 0.1) is 19.3 Å². The first kappa shape index (κ1) is 27.9. The van der Waals surface area contributed by atoms with E-state index in [4.69, 9.17) is 4.74 Å². The van der Waals surface area contributed by atoms with E-state index in [1.165, 1.54) is 12.1 Å². The van der Waals surface area contributed by atoms with Gasteiger partial charge in [-0.2, -0.15) is 0 Å². The number of aromatic nitrogens is 1. The number of halogens is 2. The van der Waals surface area contributed by atoms with Gasteiger partial charge in [-0.25, -0.2) is 9.38 Å². The fourth-order valence-corrected chi connectivity index (χ4v) is 5.83. The molecule has 37 heavy (non-hydrogen) atoms. The average molecular weight is 638 g/mol. The van der Waals surface area contributed by atoms with Gasteiger partial charge in [-0.15, -0.1) is 0 Å². The Labute approximate surface area is 237 Å². The summed E-state index contributed by atoms with van der Waals surface area (Å²) >= 11 is 6.69. The molecule has 1 fully saturated rings. The van der Waals surface area contributed by atoms with Crippen molar-refractivity contribution in [3.8, 4) is 0 Å². The minimum Gasteiger partial charge on any atom is -0.378 e. The highest BCUT2D eigenvalue weighted by molar-refractivity contribution is 14.1. The Bertz CT molecular complexity index is 1170. The molecule has 10 heteroatoms. The molecule has 2 aliphatic rings. The molecule has 1 aromatic heterocycles. The first-order chi connectivity index (χ1) is 17.8. The lowest BCUT2D eigenvalue weighted by Gasteiger charge is -2.31. The van der Waals surface area contributed by atoms with Gasteiger partial charge in [-0.05, 0) is 97.3 Å². The van der Waals surface area contributed by atoms with E-state index in [1.54, 1.807) is 8.87 Å². The van der Waals surface area contributed by atoms with Gasteiger partial charge in [-0.1, -0.05) is 18.9 Å². The maximum atomic E-state index is 14.3. The van der Waals surface area contributed by atoms with Crippen LogP contribution in [0.3, 0.4) is 0 Å². The van der Waals surface area contributed by atoms with Crippen molar-refractivity contribution in [3.63, 3.8) is 0 Å². The number of ether oxygens (including phenoxy) is 1. The molecule has 7 nitrogen and oxygen atoms in total. The molecule has 1 aromatic carbocycles. The topological polar surface area (TPSA) is 53.3 Å². The Morgan fingerprint density at radius 2 is 2.08 bits per heavy atom. The van der Waals surface area contributed by atoms with Gasteiger partial charge in [0.2, 0.25) is 5.91 Å². The quantitative estimate of drug-likeness (QED) is 0.249. The molecule has 0 bridgehead atoms. The highest BCUT2D eigenvalue weighted by Gasteiger charge is 2.31. The zero-order chi connectivity index (χ0) is 26.5. The number of aliphatic imine (C=N–C) groups is 1. The molecule has 2 unspecified atom stereocenters. The predicted molar refractivity (Wildman–Crippen MR) is 158 cm³/mol.